The van der Waals surface area contributed by atoms with Crippen LogP contribution >= 0.6 is 0 Å². The minimum Gasteiger partial charge on any atom is -0.376 e. The number of carbonyl (C=O) groups is 2. The number of nitrogens with zero attached hydrogens (tertiary/aromatic N) is 1. The smallest absolute Gasteiger partial charge is 0.252 e. The van der Waals surface area contributed by atoms with Gasteiger partial charge in [0.05, 0.1) is 12.7 Å². The van der Waals surface area contributed by atoms with Crippen LogP contribution in [-0.4, -0.2) is 55.2 Å². The third-order valence-electron chi connectivity index (χ3n) is 4.76. The Hall–Kier alpha value is -1.92. The van der Waals surface area contributed by atoms with E-state index in [-0.39, 0.29) is 17.9 Å². The van der Waals surface area contributed by atoms with Gasteiger partial charge in [0.2, 0.25) is 5.91 Å². The van der Waals surface area contributed by atoms with E-state index in [0.717, 1.165) is 31.4 Å². The molecule has 3 atom stereocenters. The number of amides is 2. The monoisotopic (exact) mass is 346 g/mol. The highest BCUT2D eigenvalue weighted by Crippen LogP contribution is 2.24. The van der Waals surface area contributed by atoms with Gasteiger partial charge in [-0.05, 0) is 31.7 Å². The lowest BCUT2D eigenvalue weighted by Crippen LogP contribution is -2.54. The maximum Gasteiger partial charge on any atom is 0.252 e. The van der Waals surface area contributed by atoms with Gasteiger partial charge in [0.15, 0.2) is 0 Å². The first-order valence-corrected chi connectivity index (χ1v) is 9.03. The van der Waals surface area contributed by atoms with Crippen LogP contribution in [0.25, 0.3) is 0 Å². The van der Waals surface area contributed by atoms with Crippen molar-refractivity contribution in [1.29, 1.82) is 0 Å². The SMILES string of the molecule is CC(OCC1CCCCO1)C(=O)N1CCNC(=O)C1c1ccccc1. The standard InChI is InChI=1S/C19H26N2O4/c1-14(25-13-16-9-5-6-12-24-16)19(23)21-11-10-20-18(22)17(21)15-7-3-2-4-8-15/h2-4,7-8,14,16-17H,5-6,9-13H2,1H3,(H,20,22). The Morgan fingerprint density at radius 2 is 2.16 bits per heavy atom. The summed E-state index contributed by atoms with van der Waals surface area (Å²) in [5.74, 6) is -0.298. The average molecular weight is 346 g/mol. The summed E-state index contributed by atoms with van der Waals surface area (Å²) in [4.78, 5) is 26.9. The van der Waals surface area contributed by atoms with E-state index in [1.165, 1.54) is 0 Å². The fourth-order valence-corrected chi connectivity index (χ4v) is 3.37. The van der Waals surface area contributed by atoms with Crippen molar-refractivity contribution >= 4 is 11.8 Å². The second kappa shape index (κ2) is 8.45. The van der Waals surface area contributed by atoms with Crippen LogP contribution in [0.2, 0.25) is 0 Å². The van der Waals surface area contributed by atoms with Gasteiger partial charge in [-0.3, -0.25) is 9.59 Å². The van der Waals surface area contributed by atoms with Gasteiger partial charge < -0.3 is 19.7 Å². The quantitative estimate of drug-likeness (QED) is 0.880. The molecular weight excluding hydrogens is 320 g/mol. The number of hydrogen-bond acceptors (Lipinski definition) is 4. The molecule has 3 unspecified atom stereocenters. The van der Waals surface area contributed by atoms with Gasteiger partial charge >= 0.3 is 0 Å². The molecule has 2 heterocycles. The van der Waals surface area contributed by atoms with Crippen molar-refractivity contribution in [3.8, 4) is 0 Å². The average Bonchev–Trinajstić information content (AvgIpc) is 2.67. The van der Waals surface area contributed by atoms with E-state index >= 15 is 0 Å². The Kier molecular flexibility index (Phi) is 6.04. The first-order valence-electron chi connectivity index (χ1n) is 9.03. The molecular formula is C19H26N2O4. The molecule has 2 saturated heterocycles. The maximum absolute atomic E-state index is 12.9. The lowest BCUT2D eigenvalue weighted by Gasteiger charge is -2.37. The second-order valence-electron chi connectivity index (χ2n) is 6.60. The van der Waals surface area contributed by atoms with Gasteiger partial charge in [0.1, 0.15) is 12.1 Å². The van der Waals surface area contributed by atoms with Gasteiger partial charge in [0.25, 0.3) is 5.91 Å². The van der Waals surface area contributed by atoms with Crippen molar-refractivity contribution in [2.75, 3.05) is 26.3 Å². The Labute approximate surface area is 148 Å². The Balaban J connectivity index is 1.64. The molecule has 0 aliphatic carbocycles. The first kappa shape index (κ1) is 17.9. The lowest BCUT2D eigenvalue weighted by molar-refractivity contribution is -0.154. The Morgan fingerprint density at radius 3 is 2.88 bits per heavy atom. The third kappa shape index (κ3) is 4.38. The second-order valence-corrected chi connectivity index (χ2v) is 6.60. The molecule has 1 aromatic rings. The molecule has 2 amide bonds. The Bertz CT molecular complexity index is 586. The maximum atomic E-state index is 12.9. The van der Waals surface area contributed by atoms with E-state index in [0.29, 0.717) is 19.7 Å². The topological polar surface area (TPSA) is 67.9 Å². The van der Waals surface area contributed by atoms with Crippen molar-refractivity contribution in [3.05, 3.63) is 35.9 Å². The summed E-state index contributed by atoms with van der Waals surface area (Å²) in [6.45, 7) is 3.88. The van der Waals surface area contributed by atoms with Crippen LogP contribution in [0.15, 0.2) is 30.3 Å². The van der Waals surface area contributed by atoms with Gasteiger partial charge in [-0.15, -0.1) is 0 Å². The minimum atomic E-state index is -0.598. The van der Waals surface area contributed by atoms with E-state index in [9.17, 15) is 9.59 Å². The molecule has 2 fully saturated rings. The number of hydrogen-bond donors (Lipinski definition) is 1. The van der Waals surface area contributed by atoms with E-state index < -0.39 is 12.1 Å². The van der Waals surface area contributed by atoms with E-state index in [1.807, 2.05) is 30.3 Å². The van der Waals surface area contributed by atoms with Gasteiger partial charge in [-0.1, -0.05) is 30.3 Å². The molecule has 6 heteroatoms. The van der Waals surface area contributed by atoms with Gasteiger partial charge in [0, 0.05) is 19.7 Å². The molecule has 0 saturated carbocycles. The van der Waals surface area contributed by atoms with Crippen molar-refractivity contribution in [2.45, 2.75) is 44.4 Å². The fourth-order valence-electron chi connectivity index (χ4n) is 3.37. The minimum absolute atomic E-state index is 0.0681. The zero-order valence-electron chi connectivity index (χ0n) is 14.6. The highest BCUT2D eigenvalue weighted by molar-refractivity contribution is 5.91. The van der Waals surface area contributed by atoms with Gasteiger partial charge in [-0.2, -0.15) is 0 Å². The summed E-state index contributed by atoms with van der Waals surface area (Å²) < 4.78 is 11.4. The summed E-state index contributed by atoms with van der Waals surface area (Å²) in [5.41, 5.74) is 0.816. The van der Waals surface area contributed by atoms with Crippen LogP contribution in [0.3, 0.4) is 0 Å². The fraction of sp³-hybridized carbons (Fsp3) is 0.579. The van der Waals surface area contributed by atoms with Crippen LogP contribution in [0.5, 0.6) is 0 Å². The molecule has 2 aliphatic rings. The van der Waals surface area contributed by atoms with Crippen molar-refractivity contribution in [2.24, 2.45) is 0 Å². The summed E-state index contributed by atoms with van der Waals surface area (Å²) in [5, 5.41) is 2.84. The number of ether oxygens (including phenoxy) is 2. The lowest BCUT2D eigenvalue weighted by atomic mass is 10.0. The summed E-state index contributed by atoms with van der Waals surface area (Å²) in [6, 6.07) is 8.79. The van der Waals surface area contributed by atoms with Crippen LogP contribution < -0.4 is 5.32 Å². The van der Waals surface area contributed by atoms with Crippen molar-refractivity contribution in [1.82, 2.24) is 10.2 Å². The number of piperazine rings is 1. The van der Waals surface area contributed by atoms with Crippen molar-refractivity contribution < 1.29 is 19.1 Å². The predicted octanol–water partition coefficient (Wildman–Crippen LogP) is 1.66. The van der Waals surface area contributed by atoms with Crippen LogP contribution in [-0.2, 0) is 19.1 Å². The molecule has 1 aromatic carbocycles. The molecule has 0 aromatic heterocycles. The zero-order chi connectivity index (χ0) is 17.6. The molecule has 3 rings (SSSR count). The summed E-state index contributed by atoms with van der Waals surface area (Å²) in [7, 11) is 0. The van der Waals surface area contributed by atoms with E-state index in [2.05, 4.69) is 5.32 Å². The van der Waals surface area contributed by atoms with Crippen LogP contribution in [0, 0.1) is 0 Å². The molecule has 0 bridgehead atoms. The van der Waals surface area contributed by atoms with E-state index in [4.69, 9.17) is 9.47 Å². The molecule has 2 aliphatic heterocycles. The largest absolute Gasteiger partial charge is 0.376 e. The molecule has 0 radical (unpaired) electrons. The molecule has 6 nitrogen and oxygen atoms in total. The highest BCUT2D eigenvalue weighted by Gasteiger charge is 2.36. The highest BCUT2D eigenvalue weighted by atomic mass is 16.5. The third-order valence-corrected chi connectivity index (χ3v) is 4.76. The molecule has 136 valence electrons. The summed E-state index contributed by atoms with van der Waals surface area (Å²) >= 11 is 0. The first-order chi connectivity index (χ1) is 12.2. The van der Waals surface area contributed by atoms with Gasteiger partial charge in [-0.25, -0.2) is 0 Å². The predicted molar refractivity (Wildman–Crippen MR) is 92.9 cm³/mol. The Morgan fingerprint density at radius 1 is 1.36 bits per heavy atom. The normalized spacial score (nSPS) is 25.3. The number of carbonyl (C=O) groups excluding carboxylic acids is 2. The molecule has 25 heavy (non-hydrogen) atoms. The molecule has 1 N–H and O–H groups in total. The van der Waals surface area contributed by atoms with E-state index in [1.54, 1.807) is 11.8 Å². The molecule has 0 spiro atoms. The number of rotatable bonds is 5. The zero-order valence-corrected chi connectivity index (χ0v) is 14.6. The summed E-state index contributed by atoms with van der Waals surface area (Å²) in [6.07, 6.45) is 2.67. The van der Waals surface area contributed by atoms with Crippen LogP contribution in [0.1, 0.15) is 37.8 Å². The number of benzene rings is 1. The number of nitrogens with one attached hydrogen (secondary N) is 1. The van der Waals surface area contributed by atoms with Crippen LogP contribution in [0.4, 0.5) is 0 Å². The van der Waals surface area contributed by atoms with Crippen molar-refractivity contribution in [3.63, 3.8) is 0 Å².